The molecule has 0 saturated heterocycles. The lowest BCUT2D eigenvalue weighted by Crippen LogP contribution is -2.35. The SMILES string of the molecule is CC(O)(COCc1ccc(OC(F)(F)F)cc1)Cn1cc([N+](=O)[O-])nc1Br. The highest BCUT2D eigenvalue weighted by molar-refractivity contribution is 9.10. The molecule has 0 fully saturated rings. The van der Waals surface area contributed by atoms with E-state index in [4.69, 9.17) is 4.74 Å². The number of ether oxygens (including phenoxy) is 2. The zero-order valence-corrected chi connectivity index (χ0v) is 15.5. The monoisotopic (exact) mass is 453 g/mol. The van der Waals surface area contributed by atoms with Gasteiger partial charge in [0.05, 0.1) is 19.8 Å². The normalized spacial score (nSPS) is 14.0. The Morgan fingerprint density at radius 3 is 2.48 bits per heavy atom. The van der Waals surface area contributed by atoms with Gasteiger partial charge in [-0.2, -0.15) is 0 Å². The van der Waals surface area contributed by atoms with E-state index in [9.17, 15) is 28.4 Å². The van der Waals surface area contributed by atoms with Gasteiger partial charge in [0, 0.05) is 15.9 Å². The van der Waals surface area contributed by atoms with Crippen LogP contribution < -0.4 is 4.74 Å². The highest BCUT2D eigenvalue weighted by Gasteiger charge is 2.31. The third-order valence-electron chi connectivity index (χ3n) is 3.25. The van der Waals surface area contributed by atoms with Gasteiger partial charge in [0.2, 0.25) is 0 Å². The molecule has 27 heavy (non-hydrogen) atoms. The van der Waals surface area contributed by atoms with Gasteiger partial charge in [0.1, 0.15) is 17.5 Å². The molecule has 0 amide bonds. The van der Waals surface area contributed by atoms with Crippen LogP contribution in [-0.2, 0) is 17.9 Å². The summed E-state index contributed by atoms with van der Waals surface area (Å²) >= 11 is 3.07. The quantitative estimate of drug-likeness (QED) is 0.485. The van der Waals surface area contributed by atoms with Gasteiger partial charge < -0.3 is 24.7 Å². The molecule has 148 valence electrons. The van der Waals surface area contributed by atoms with Gasteiger partial charge in [-0.1, -0.05) is 12.1 Å². The summed E-state index contributed by atoms with van der Waals surface area (Å²) in [7, 11) is 0. The lowest BCUT2D eigenvalue weighted by molar-refractivity contribution is -0.389. The Morgan fingerprint density at radius 1 is 1.33 bits per heavy atom. The van der Waals surface area contributed by atoms with Crippen molar-refractivity contribution in [2.24, 2.45) is 0 Å². The number of benzene rings is 1. The van der Waals surface area contributed by atoms with Crippen molar-refractivity contribution < 1.29 is 32.7 Å². The minimum atomic E-state index is -4.76. The molecule has 0 bridgehead atoms. The summed E-state index contributed by atoms with van der Waals surface area (Å²) in [5.74, 6) is -0.704. The third-order valence-corrected chi connectivity index (χ3v) is 3.88. The number of alkyl halides is 3. The Balaban J connectivity index is 1.87. The third kappa shape index (κ3) is 6.81. The summed E-state index contributed by atoms with van der Waals surface area (Å²) in [6, 6.07) is 5.13. The maximum absolute atomic E-state index is 12.1. The van der Waals surface area contributed by atoms with Gasteiger partial charge in [0.15, 0.2) is 0 Å². The molecule has 8 nitrogen and oxygen atoms in total. The van der Waals surface area contributed by atoms with Crippen molar-refractivity contribution in [3.8, 4) is 5.75 Å². The summed E-state index contributed by atoms with van der Waals surface area (Å²) in [5.41, 5.74) is -0.782. The Bertz CT molecular complexity index is 793. The minimum absolute atomic E-state index is 0.0210. The molecule has 2 aromatic rings. The van der Waals surface area contributed by atoms with Crippen molar-refractivity contribution in [3.63, 3.8) is 0 Å². The highest BCUT2D eigenvalue weighted by atomic mass is 79.9. The van der Waals surface area contributed by atoms with E-state index in [1.54, 1.807) is 0 Å². The average molecular weight is 454 g/mol. The Kier molecular flexibility index (Phi) is 6.44. The smallest absolute Gasteiger partial charge is 0.406 e. The van der Waals surface area contributed by atoms with Crippen LogP contribution in [0.3, 0.4) is 0 Å². The van der Waals surface area contributed by atoms with E-state index >= 15 is 0 Å². The zero-order chi connectivity index (χ0) is 20.2. The van der Waals surface area contributed by atoms with Gasteiger partial charge in [0.25, 0.3) is 4.73 Å². The lowest BCUT2D eigenvalue weighted by Gasteiger charge is -2.23. The molecule has 2 rings (SSSR count). The molecule has 1 aromatic carbocycles. The summed E-state index contributed by atoms with van der Waals surface area (Å²) in [6.45, 7) is 1.39. The molecular formula is C15H15BrF3N3O5. The molecule has 0 saturated carbocycles. The van der Waals surface area contributed by atoms with Crippen LogP contribution in [0, 0.1) is 10.1 Å². The topological polar surface area (TPSA) is 99.6 Å². The van der Waals surface area contributed by atoms with Gasteiger partial charge >= 0.3 is 12.2 Å². The van der Waals surface area contributed by atoms with Crippen LogP contribution in [0.1, 0.15) is 12.5 Å². The predicted octanol–water partition coefficient (Wildman–Crippen LogP) is 3.42. The van der Waals surface area contributed by atoms with E-state index in [2.05, 4.69) is 25.7 Å². The molecule has 1 heterocycles. The number of rotatable bonds is 8. The molecule has 1 atom stereocenters. The molecule has 0 spiro atoms. The van der Waals surface area contributed by atoms with Gasteiger partial charge in [-0.3, -0.25) is 4.57 Å². The molecule has 12 heteroatoms. The number of nitro groups is 1. The molecular weight excluding hydrogens is 439 g/mol. The van der Waals surface area contributed by atoms with Crippen LogP contribution in [0.15, 0.2) is 35.2 Å². The Labute approximate surface area is 159 Å². The van der Waals surface area contributed by atoms with Crippen LogP contribution in [-0.4, -0.2) is 38.2 Å². The fourth-order valence-corrected chi connectivity index (χ4v) is 2.58. The van der Waals surface area contributed by atoms with E-state index in [1.165, 1.54) is 29.8 Å². The highest BCUT2D eigenvalue weighted by Crippen LogP contribution is 2.23. The summed E-state index contributed by atoms with van der Waals surface area (Å²) in [5, 5.41) is 21.1. The minimum Gasteiger partial charge on any atom is -0.406 e. The molecule has 0 aliphatic heterocycles. The van der Waals surface area contributed by atoms with Crippen LogP contribution in [0.4, 0.5) is 19.0 Å². The van der Waals surface area contributed by atoms with E-state index in [-0.39, 0.29) is 36.1 Å². The van der Waals surface area contributed by atoms with E-state index in [1.807, 2.05) is 0 Å². The first-order valence-corrected chi connectivity index (χ1v) is 8.26. The number of hydrogen-bond acceptors (Lipinski definition) is 6. The number of aliphatic hydroxyl groups is 1. The standard InChI is InChI=1S/C15H15BrF3N3O5/c1-14(23,8-21-6-12(22(24)25)20-13(21)16)9-26-7-10-2-4-11(5-3-10)27-15(17,18)19/h2-6,23H,7-9H2,1H3. The van der Waals surface area contributed by atoms with Crippen LogP contribution in [0.2, 0.25) is 0 Å². The van der Waals surface area contributed by atoms with Crippen LogP contribution >= 0.6 is 15.9 Å². The number of imidazole rings is 1. The van der Waals surface area contributed by atoms with Crippen LogP contribution in [0.5, 0.6) is 5.75 Å². The summed E-state index contributed by atoms with van der Waals surface area (Å²) < 4.78 is 47.0. The van der Waals surface area contributed by atoms with E-state index in [0.29, 0.717) is 5.56 Å². The first-order valence-electron chi connectivity index (χ1n) is 7.47. The second-order valence-corrected chi connectivity index (χ2v) is 6.64. The lowest BCUT2D eigenvalue weighted by atomic mass is 10.1. The number of aromatic nitrogens is 2. The second kappa shape index (κ2) is 8.23. The van der Waals surface area contributed by atoms with Crippen LogP contribution in [0.25, 0.3) is 0 Å². The van der Waals surface area contributed by atoms with Crippen molar-refractivity contribution in [2.45, 2.75) is 32.0 Å². The largest absolute Gasteiger partial charge is 0.573 e. The fraction of sp³-hybridized carbons (Fsp3) is 0.400. The average Bonchev–Trinajstić information content (AvgIpc) is 2.88. The molecule has 0 aliphatic carbocycles. The Morgan fingerprint density at radius 2 is 1.96 bits per heavy atom. The van der Waals surface area contributed by atoms with Crippen molar-refractivity contribution in [3.05, 3.63) is 50.9 Å². The van der Waals surface area contributed by atoms with Gasteiger partial charge in [-0.05, 0) is 34.5 Å². The van der Waals surface area contributed by atoms with Crippen molar-refractivity contribution in [2.75, 3.05) is 6.61 Å². The van der Waals surface area contributed by atoms with Crippen molar-refractivity contribution in [1.29, 1.82) is 0 Å². The fourth-order valence-electron chi connectivity index (χ4n) is 2.17. The Hall–Kier alpha value is -2.18. The first kappa shape index (κ1) is 21.1. The first-order chi connectivity index (χ1) is 12.5. The summed E-state index contributed by atoms with van der Waals surface area (Å²) in [6.07, 6.45) is -3.58. The predicted molar refractivity (Wildman–Crippen MR) is 90.0 cm³/mol. The molecule has 1 N–H and O–H groups in total. The van der Waals surface area contributed by atoms with Gasteiger partial charge in [-0.25, -0.2) is 0 Å². The molecule has 0 aliphatic rings. The number of hydrogen-bond donors (Lipinski definition) is 1. The maximum Gasteiger partial charge on any atom is 0.573 e. The molecule has 1 unspecified atom stereocenters. The summed E-state index contributed by atoms with van der Waals surface area (Å²) in [4.78, 5) is 13.8. The second-order valence-electron chi connectivity index (χ2n) is 5.93. The number of nitrogens with zero attached hydrogens (tertiary/aromatic N) is 3. The van der Waals surface area contributed by atoms with Gasteiger partial charge in [-0.15, -0.1) is 13.2 Å². The van der Waals surface area contributed by atoms with Crippen molar-refractivity contribution in [1.82, 2.24) is 9.55 Å². The van der Waals surface area contributed by atoms with Crippen molar-refractivity contribution >= 4 is 21.7 Å². The molecule has 1 aromatic heterocycles. The number of halogens is 4. The zero-order valence-electron chi connectivity index (χ0n) is 13.9. The van der Waals surface area contributed by atoms with E-state index in [0.717, 1.165) is 12.1 Å². The maximum atomic E-state index is 12.1. The molecule has 0 radical (unpaired) electrons. The van der Waals surface area contributed by atoms with E-state index < -0.39 is 16.9 Å².